The van der Waals surface area contributed by atoms with E-state index in [-0.39, 0.29) is 0 Å². The molecular weight excluding hydrogens is 128 g/mol. The fraction of sp³-hybridized carbons (Fsp3) is 0.143. The first-order chi connectivity index (χ1) is 4.93. The second kappa shape index (κ2) is 6.22. The van der Waals surface area contributed by atoms with Crippen LogP contribution in [0.5, 0.6) is 0 Å². The average Bonchev–Trinajstić information content (AvgIpc) is 2.10. The Morgan fingerprint density at radius 3 is 1.90 bits per heavy atom. The van der Waals surface area contributed by atoms with Crippen LogP contribution in [0.1, 0.15) is 5.56 Å². The highest BCUT2D eigenvalue weighted by Gasteiger charge is 1.80. The van der Waals surface area contributed by atoms with Crippen molar-refractivity contribution in [2.45, 2.75) is 6.54 Å². The second-order valence-electron chi connectivity index (χ2n) is 1.69. The zero-order valence-corrected chi connectivity index (χ0v) is 5.70. The van der Waals surface area contributed by atoms with E-state index >= 15 is 0 Å². The van der Waals surface area contributed by atoms with Crippen LogP contribution in [0, 0.1) is 0 Å². The van der Waals surface area contributed by atoms with E-state index in [1.54, 1.807) is 0 Å². The van der Waals surface area contributed by atoms with E-state index in [9.17, 15) is 0 Å². The van der Waals surface area contributed by atoms with E-state index in [4.69, 9.17) is 10.9 Å². The molecule has 0 heterocycles. The lowest BCUT2D eigenvalue weighted by molar-refractivity contribution is 0.311. The van der Waals surface area contributed by atoms with Gasteiger partial charge in [-0.2, -0.15) is 0 Å². The van der Waals surface area contributed by atoms with Crippen molar-refractivity contribution in [3.8, 4) is 0 Å². The highest BCUT2D eigenvalue weighted by molar-refractivity contribution is 5.13. The van der Waals surface area contributed by atoms with Gasteiger partial charge in [0.15, 0.2) is 0 Å². The van der Waals surface area contributed by atoms with Crippen LogP contribution < -0.4 is 11.6 Å². The van der Waals surface area contributed by atoms with Crippen molar-refractivity contribution in [2.24, 2.45) is 11.6 Å². The van der Waals surface area contributed by atoms with Crippen molar-refractivity contribution in [1.29, 1.82) is 0 Å². The largest absolute Gasteiger partial charge is 0.326 e. The number of benzene rings is 1. The van der Waals surface area contributed by atoms with Crippen LogP contribution in [-0.4, -0.2) is 5.21 Å². The lowest BCUT2D eigenvalue weighted by atomic mass is 10.2. The number of nitrogens with two attached hydrogens (primary N) is 2. The van der Waals surface area contributed by atoms with E-state index in [0.29, 0.717) is 6.54 Å². The second-order valence-corrected chi connectivity index (χ2v) is 1.69. The molecule has 0 unspecified atom stereocenters. The molecule has 0 aliphatic rings. The SMILES string of the molecule is NCc1ccccc1.NO. The smallest absolute Gasteiger partial charge is 0.0178 e. The van der Waals surface area contributed by atoms with Gasteiger partial charge in [0.25, 0.3) is 0 Å². The van der Waals surface area contributed by atoms with Gasteiger partial charge in [0.2, 0.25) is 0 Å². The Hall–Kier alpha value is -0.900. The van der Waals surface area contributed by atoms with Crippen LogP contribution in [0.15, 0.2) is 30.3 Å². The molecule has 0 radical (unpaired) electrons. The minimum absolute atomic E-state index is 0.640. The van der Waals surface area contributed by atoms with Gasteiger partial charge in [-0.15, -0.1) is 0 Å². The molecule has 5 N–H and O–H groups in total. The molecule has 0 aliphatic carbocycles. The van der Waals surface area contributed by atoms with Gasteiger partial charge in [0.1, 0.15) is 0 Å². The van der Waals surface area contributed by atoms with E-state index in [2.05, 4.69) is 5.90 Å². The highest BCUT2D eigenvalue weighted by atomic mass is 16.4. The Morgan fingerprint density at radius 1 is 1.10 bits per heavy atom. The van der Waals surface area contributed by atoms with Crippen LogP contribution in [0.2, 0.25) is 0 Å². The zero-order valence-electron chi connectivity index (χ0n) is 5.70. The summed E-state index contributed by atoms with van der Waals surface area (Å²) in [4.78, 5) is 0. The summed E-state index contributed by atoms with van der Waals surface area (Å²) in [5.41, 5.74) is 6.54. The summed E-state index contributed by atoms with van der Waals surface area (Å²) in [5, 5.41) is 6.50. The summed E-state index contributed by atoms with van der Waals surface area (Å²) in [6.07, 6.45) is 0. The summed E-state index contributed by atoms with van der Waals surface area (Å²) in [5.74, 6) is 3.50. The molecule has 3 nitrogen and oxygen atoms in total. The molecular formula is C7H12N2O. The summed E-state index contributed by atoms with van der Waals surface area (Å²) in [7, 11) is 0. The predicted octanol–water partition coefficient (Wildman–Crippen LogP) is 0.480. The number of hydrogen-bond acceptors (Lipinski definition) is 3. The van der Waals surface area contributed by atoms with Gasteiger partial charge in [-0.1, -0.05) is 30.3 Å². The molecule has 0 aromatic heterocycles. The van der Waals surface area contributed by atoms with E-state index in [1.165, 1.54) is 5.56 Å². The molecule has 1 aromatic rings. The number of rotatable bonds is 1. The van der Waals surface area contributed by atoms with E-state index < -0.39 is 0 Å². The molecule has 0 fully saturated rings. The quantitative estimate of drug-likeness (QED) is 0.497. The Labute approximate surface area is 60.2 Å². The maximum absolute atomic E-state index is 6.50. The van der Waals surface area contributed by atoms with Crippen molar-refractivity contribution in [1.82, 2.24) is 0 Å². The minimum Gasteiger partial charge on any atom is -0.326 e. The zero-order chi connectivity index (χ0) is 7.82. The van der Waals surface area contributed by atoms with E-state index in [0.717, 1.165) is 0 Å². The molecule has 0 bridgehead atoms. The fourth-order valence-corrected chi connectivity index (χ4v) is 0.614. The summed E-state index contributed by atoms with van der Waals surface area (Å²) >= 11 is 0. The van der Waals surface area contributed by atoms with Crippen molar-refractivity contribution in [3.05, 3.63) is 35.9 Å². The van der Waals surface area contributed by atoms with E-state index in [1.807, 2.05) is 30.3 Å². The first-order valence-electron chi connectivity index (χ1n) is 2.93. The van der Waals surface area contributed by atoms with Crippen LogP contribution in [-0.2, 0) is 6.54 Å². The molecule has 0 spiro atoms. The third-order valence-corrected chi connectivity index (χ3v) is 1.08. The van der Waals surface area contributed by atoms with Gasteiger partial charge in [-0.3, -0.25) is 0 Å². The van der Waals surface area contributed by atoms with Gasteiger partial charge < -0.3 is 10.9 Å². The Morgan fingerprint density at radius 2 is 1.60 bits per heavy atom. The molecule has 1 rings (SSSR count). The third kappa shape index (κ3) is 3.19. The lowest BCUT2D eigenvalue weighted by Gasteiger charge is -1.90. The molecule has 10 heavy (non-hydrogen) atoms. The van der Waals surface area contributed by atoms with Crippen molar-refractivity contribution in [2.75, 3.05) is 0 Å². The first kappa shape index (κ1) is 9.10. The van der Waals surface area contributed by atoms with Crippen LogP contribution in [0.4, 0.5) is 0 Å². The third-order valence-electron chi connectivity index (χ3n) is 1.08. The van der Waals surface area contributed by atoms with Crippen molar-refractivity contribution in [3.63, 3.8) is 0 Å². The van der Waals surface area contributed by atoms with Gasteiger partial charge in [-0.25, -0.2) is 5.90 Å². The Balaban J connectivity index is 0.000000371. The van der Waals surface area contributed by atoms with Gasteiger partial charge >= 0.3 is 0 Å². The van der Waals surface area contributed by atoms with Crippen LogP contribution >= 0.6 is 0 Å². The molecule has 0 saturated heterocycles. The van der Waals surface area contributed by atoms with Gasteiger partial charge in [0.05, 0.1) is 0 Å². The molecule has 1 aromatic carbocycles. The predicted molar refractivity (Wildman–Crippen MR) is 40.3 cm³/mol. The van der Waals surface area contributed by atoms with Crippen molar-refractivity contribution < 1.29 is 5.21 Å². The molecule has 0 amide bonds. The Bertz CT molecular complexity index is 153. The molecule has 3 heteroatoms. The standard InChI is InChI=1S/C7H9N.H3NO/c8-6-7-4-2-1-3-5-7;1-2/h1-5H,6,8H2;2H,1H2. The molecule has 0 atom stereocenters. The van der Waals surface area contributed by atoms with Gasteiger partial charge in [0, 0.05) is 6.54 Å². The number of hydrogen-bond donors (Lipinski definition) is 3. The maximum atomic E-state index is 6.50. The summed E-state index contributed by atoms with van der Waals surface area (Å²) < 4.78 is 0. The first-order valence-corrected chi connectivity index (χ1v) is 2.93. The maximum Gasteiger partial charge on any atom is 0.0178 e. The average molecular weight is 140 g/mol. The topological polar surface area (TPSA) is 72.3 Å². The lowest BCUT2D eigenvalue weighted by Crippen LogP contribution is -1.94. The molecule has 56 valence electrons. The minimum atomic E-state index is 0.640. The van der Waals surface area contributed by atoms with Gasteiger partial charge in [-0.05, 0) is 5.56 Å². The summed E-state index contributed by atoms with van der Waals surface area (Å²) in [6.45, 7) is 0.640. The molecule has 0 saturated carbocycles. The van der Waals surface area contributed by atoms with Crippen molar-refractivity contribution >= 4 is 0 Å². The fourth-order valence-electron chi connectivity index (χ4n) is 0.614. The van der Waals surface area contributed by atoms with Crippen LogP contribution in [0.25, 0.3) is 0 Å². The molecule has 0 aliphatic heterocycles. The Kier molecular flexibility index (Phi) is 5.66. The highest BCUT2D eigenvalue weighted by Crippen LogP contribution is 1.94. The summed E-state index contributed by atoms with van der Waals surface area (Å²) in [6, 6.07) is 9.99. The normalized spacial score (nSPS) is 7.90. The van der Waals surface area contributed by atoms with Crippen LogP contribution in [0.3, 0.4) is 0 Å². The monoisotopic (exact) mass is 140 g/mol.